The van der Waals surface area contributed by atoms with E-state index >= 15 is 0 Å². The first-order chi connectivity index (χ1) is 9.10. The highest BCUT2D eigenvalue weighted by molar-refractivity contribution is 5.47. The van der Waals surface area contributed by atoms with E-state index in [-0.39, 0.29) is 18.2 Å². The van der Waals surface area contributed by atoms with Gasteiger partial charge in [-0.2, -0.15) is 0 Å². The van der Waals surface area contributed by atoms with E-state index in [1.54, 1.807) is 30.1 Å². The molecule has 2 N–H and O–H groups in total. The normalized spacial score (nSPS) is 10.5. The predicted octanol–water partition coefficient (Wildman–Crippen LogP) is 3.06. The zero-order valence-electron chi connectivity index (χ0n) is 10.7. The Morgan fingerprint density at radius 1 is 1.05 bits per heavy atom. The summed E-state index contributed by atoms with van der Waals surface area (Å²) in [5.74, 6) is -0.611. The summed E-state index contributed by atoms with van der Waals surface area (Å²) in [4.78, 5) is 1.74. The number of anilines is 1. The van der Waals surface area contributed by atoms with Crippen LogP contribution in [0.4, 0.5) is 14.5 Å². The lowest BCUT2D eigenvalue weighted by atomic mass is 10.1. The second kappa shape index (κ2) is 5.80. The van der Waals surface area contributed by atoms with Crippen molar-refractivity contribution in [2.75, 3.05) is 11.9 Å². The van der Waals surface area contributed by atoms with Crippen molar-refractivity contribution in [1.82, 2.24) is 0 Å². The second-order valence-electron chi connectivity index (χ2n) is 4.48. The minimum absolute atomic E-state index is 0.286. The molecule has 19 heavy (non-hydrogen) atoms. The number of benzene rings is 2. The highest BCUT2D eigenvalue weighted by atomic mass is 19.1. The third kappa shape index (κ3) is 3.29. The van der Waals surface area contributed by atoms with Crippen LogP contribution in [0.3, 0.4) is 0 Å². The Hall–Kier alpha value is -1.94. The van der Waals surface area contributed by atoms with Crippen molar-refractivity contribution >= 4 is 5.69 Å². The molecule has 0 fully saturated rings. The molecule has 2 aromatic carbocycles. The van der Waals surface area contributed by atoms with Gasteiger partial charge >= 0.3 is 0 Å². The number of hydrogen-bond donors (Lipinski definition) is 1. The Kier molecular flexibility index (Phi) is 4.12. The Balaban J connectivity index is 2.21. The molecule has 2 rings (SSSR count). The van der Waals surface area contributed by atoms with Crippen LogP contribution in [-0.4, -0.2) is 7.05 Å². The van der Waals surface area contributed by atoms with Gasteiger partial charge in [0, 0.05) is 20.1 Å². The van der Waals surface area contributed by atoms with Gasteiger partial charge in [0.05, 0.1) is 5.69 Å². The first-order valence-electron chi connectivity index (χ1n) is 6.04. The topological polar surface area (TPSA) is 29.3 Å². The molecule has 0 radical (unpaired) electrons. The number of halogens is 2. The zero-order valence-corrected chi connectivity index (χ0v) is 10.7. The average Bonchev–Trinajstić information content (AvgIpc) is 2.38. The summed E-state index contributed by atoms with van der Waals surface area (Å²) >= 11 is 0. The van der Waals surface area contributed by atoms with Gasteiger partial charge in [-0.3, -0.25) is 0 Å². The van der Waals surface area contributed by atoms with E-state index in [0.717, 1.165) is 11.1 Å². The van der Waals surface area contributed by atoms with Crippen molar-refractivity contribution in [2.24, 2.45) is 5.73 Å². The maximum Gasteiger partial charge on any atom is 0.146 e. The van der Waals surface area contributed by atoms with Crippen molar-refractivity contribution in [1.29, 1.82) is 0 Å². The molecule has 0 amide bonds. The van der Waals surface area contributed by atoms with E-state index in [1.165, 1.54) is 18.2 Å². The van der Waals surface area contributed by atoms with E-state index in [0.29, 0.717) is 12.2 Å². The lowest BCUT2D eigenvalue weighted by Gasteiger charge is -2.20. The molecule has 0 unspecified atom stereocenters. The summed E-state index contributed by atoms with van der Waals surface area (Å²) in [6, 6.07) is 11.2. The molecule has 2 nitrogen and oxygen atoms in total. The van der Waals surface area contributed by atoms with Crippen molar-refractivity contribution in [3.8, 4) is 0 Å². The van der Waals surface area contributed by atoms with E-state index in [2.05, 4.69) is 0 Å². The van der Waals surface area contributed by atoms with E-state index in [9.17, 15) is 8.78 Å². The highest BCUT2D eigenvalue weighted by Gasteiger charge is 2.08. The third-order valence-electron chi connectivity index (χ3n) is 2.94. The monoisotopic (exact) mass is 262 g/mol. The average molecular weight is 262 g/mol. The third-order valence-corrected chi connectivity index (χ3v) is 2.94. The molecule has 0 heterocycles. The van der Waals surface area contributed by atoms with Crippen LogP contribution in [0.2, 0.25) is 0 Å². The SMILES string of the molecule is CN(Cc1cc(F)cc(CN)c1)c1ccccc1F. The second-order valence-corrected chi connectivity index (χ2v) is 4.48. The smallest absolute Gasteiger partial charge is 0.146 e. The standard InChI is InChI=1S/C15H16F2N2/c1-19(15-5-3-2-4-14(15)17)10-12-6-11(9-18)7-13(16)8-12/h2-8H,9-10,18H2,1H3. The number of para-hydroxylation sites is 1. The molecule has 0 saturated heterocycles. The summed E-state index contributed by atoms with van der Waals surface area (Å²) in [6.45, 7) is 0.708. The summed E-state index contributed by atoms with van der Waals surface area (Å²) in [6.07, 6.45) is 0. The minimum Gasteiger partial charge on any atom is -0.368 e. The number of nitrogens with two attached hydrogens (primary N) is 1. The summed E-state index contributed by atoms with van der Waals surface area (Å²) in [5.41, 5.74) is 7.50. The van der Waals surface area contributed by atoms with Crippen LogP contribution in [0.25, 0.3) is 0 Å². The lowest BCUT2D eigenvalue weighted by Crippen LogP contribution is -2.18. The molecule has 0 aromatic heterocycles. The van der Waals surface area contributed by atoms with E-state index in [1.807, 2.05) is 6.07 Å². The van der Waals surface area contributed by atoms with Crippen LogP contribution < -0.4 is 10.6 Å². The van der Waals surface area contributed by atoms with Gasteiger partial charge in [-0.05, 0) is 35.4 Å². The van der Waals surface area contributed by atoms with Crippen molar-refractivity contribution in [3.05, 3.63) is 65.2 Å². The minimum atomic E-state index is -0.320. The first kappa shape index (κ1) is 13.5. The Morgan fingerprint density at radius 3 is 2.42 bits per heavy atom. The quantitative estimate of drug-likeness (QED) is 0.917. The van der Waals surface area contributed by atoms with Gasteiger partial charge in [-0.25, -0.2) is 8.78 Å². The molecule has 0 spiro atoms. The molecule has 2 aromatic rings. The van der Waals surface area contributed by atoms with Crippen LogP contribution in [0, 0.1) is 11.6 Å². The Labute approximate surface area is 111 Å². The zero-order chi connectivity index (χ0) is 13.8. The van der Waals surface area contributed by atoms with Crippen LogP contribution in [0.15, 0.2) is 42.5 Å². The van der Waals surface area contributed by atoms with E-state index in [4.69, 9.17) is 5.73 Å². The maximum atomic E-state index is 13.6. The van der Waals surface area contributed by atoms with Gasteiger partial charge in [-0.15, -0.1) is 0 Å². The van der Waals surface area contributed by atoms with Gasteiger partial charge in [-0.1, -0.05) is 18.2 Å². The van der Waals surface area contributed by atoms with Crippen molar-refractivity contribution in [2.45, 2.75) is 13.1 Å². The molecular weight excluding hydrogens is 246 g/mol. The molecule has 0 bridgehead atoms. The Morgan fingerprint density at radius 2 is 1.74 bits per heavy atom. The molecule has 100 valence electrons. The molecule has 0 atom stereocenters. The summed E-state index contributed by atoms with van der Waals surface area (Å²) in [7, 11) is 1.77. The molecule has 4 heteroatoms. The van der Waals surface area contributed by atoms with Gasteiger partial charge in [0.25, 0.3) is 0 Å². The molecule has 0 aliphatic heterocycles. The Bertz CT molecular complexity index is 570. The van der Waals surface area contributed by atoms with Crippen LogP contribution in [-0.2, 0) is 13.1 Å². The fraction of sp³-hybridized carbons (Fsp3) is 0.200. The van der Waals surface area contributed by atoms with Crippen molar-refractivity contribution in [3.63, 3.8) is 0 Å². The molecule has 0 aliphatic carbocycles. The fourth-order valence-corrected chi connectivity index (χ4v) is 2.05. The highest BCUT2D eigenvalue weighted by Crippen LogP contribution is 2.20. The summed E-state index contributed by atoms with van der Waals surface area (Å²) < 4.78 is 27.0. The number of rotatable bonds is 4. The maximum absolute atomic E-state index is 13.6. The van der Waals surface area contributed by atoms with E-state index < -0.39 is 0 Å². The lowest BCUT2D eigenvalue weighted by molar-refractivity contribution is 0.618. The first-order valence-corrected chi connectivity index (χ1v) is 6.04. The molecule has 0 aliphatic rings. The van der Waals surface area contributed by atoms with Crippen molar-refractivity contribution < 1.29 is 8.78 Å². The van der Waals surface area contributed by atoms with Gasteiger partial charge < -0.3 is 10.6 Å². The molecule has 0 saturated carbocycles. The summed E-state index contributed by atoms with van der Waals surface area (Å²) in [5, 5.41) is 0. The van der Waals surface area contributed by atoms with Gasteiger partial charge in [0.2, 0.25) is 0 Å². The molecular formula is C15H16F2N2. The number of nitrogens with zero attached hydrogens (tertiary/aromatic N) is 1. The van der Waals surface area contributed by atoms with Crippen LogP contribution >= 0.6 is 0 Å². The van der Waals surface area contributed by atoms with Crippen LogP contribution in [0.1, 0.15) is 11.1 Å². The van der Waals surface area contributed by atoms with Gasteiger partial charge in [0.15, 0.2) is 0 Å². The van der Waals surface area contributed by atoms with Crippen LogP contribution in [0.5, 0.6) is 0 Å². The largest absolute Gasteiger partial charge is 0.368 e. The number of hydrogen-bond acceptors (Lipinski definition) is 2. The predicted molar refractivity (Wildman–Crippen MR) is 72.8 cm³/mol. The van der Waals surface area contributed by atoms with Gasteiger partial charge in [0.1, 0.15) is 11.6 Å². The fourth-order valence-electron chi connectivity index (χ4n) is 2.05.